The first-order valence-corrected chi connectivity index (χ1v) is 9.54. The van der Waals surface area contributed by atoms with E-state index in [0.717, 1.165) is 31.6 Å². The number of nitrogens with one attached hydrogen (secondary N) is 1. The van der Waals surface area contributed by atoms with Crippen LogP contribution in [0.1, 0.15) is 58.9 Å². The van der Waals surface area contributed by atoms with Crippen LogP contribution >= 0.6 is 0 Å². The standard InChI is InChI=1S/C21H32N2O3/c1-15(23-13-5-6-16(14-23)7-12-19(24)25)20(26)22-18-10-8-17(9-11-18)21(2,3)4/h8-11,15-16H,5-7,12-14H2,1-4H3,(H,22,26)(H,24,25). The van der Waals surface area contributed by atoms with Crippen LogP contribution in [0.5, 0.6) is 0 Å². The Morgan fingerprint density at radius 3 is 2.50 bits per heavy atom. The molecule has 0 bridgehead atoms. The molecule has 1 heterocycles. The average molecular weight is 360 g/mol. The molecule has 2 N–H and O–H groups in total. The fraction of sp³-hybridized carbons (Fsp3) is 0.619. The van der Waals surface area contributed by atoms with Gasteiger partial charge < -0.3 is 10.4 Å². The number of nitrogens with zero attached hydrogens (tertiary/aromatic N) is 1. The van der Waals surface area contributed by atoms with Crippen LogP contribution in [-0.2, 0) is 15.0 Å². The van der Waals surface area contributed by atoms with Crippen molar-refractivity contribution < 1.29 is 14.7 Å². The SMILES string of the molecule is CC(C(=O)Nc1ccc(C(C)(C)C)cc1)N1CCCC(CCC(=O)O)C1. The van der Waals surface area contributed by atoms with Gasteiger partial charge in [-0.2, -0.15) is 0 Å². The topological polar surface area (TPSA) is 69.6 Å². The lowest BCUT2D eigenvalue weighted by Gasteiger charge is -2.36. The van der Waals surface area contributed by atoms with Gasteiger partial charge in [-0.05, 0) is 61.8 Å². The minimum Gasteiger partial charge on any atom is -0.481 e. The van der Waals surface area contributed by atoms with Crippen LogP contribution in [0.3, 0.4) is 0 Å². The second-order valence-corrected chi connectivity index (χ2v) is 8.43. The fourth-order valence-electron chi connectivity index (χ4n) is 3.48. The Kier molecular flexibility index (Phi) is 6.81. The van der Waals surface area contributed by atoms with E-state index in [2.05, 4.69) is 43.1 Å². The molecule has 1 aliphatic rings. The molecule has 2 rings (SSSR count). The van der Waals surface area contributed by atoms with Gasteiger partial charge in [-0.25, -0.2) is 0 Å². The lowest BCUT2D eigenvalue weighted by Crippen LogP contribution is -2.47. The van der Waals surface area contributed by atoms with E-state index in [-0.39, 0.29) is 23.8 Å². The molecule has 5 nitrogen and oxygen atoms in total. The van der Waals surface area contributed by atoms with Crippen LogP contribution in [-0.4, -0.2) is 41.0 Å². The molecule has 5 heteroatoms. The smallest absolute Gasteiger partial charge is 0.303 e. The summed E-state index contributed by atoms with van der Waals surface area (Å²) in [6.07, 6.45) is 2.96. The van der Waals surface area contributed by atoms with Crippen molar-refractivity contribution in [2.75, 3.05) is 18.4 Å². The van der Waals surface area contributed by atoms with Gasteiger partial charge >= 0.3 is 5.97 Å². The summed E-state index contributed by atoms with van der Waals surface area (Å²) in [7, 11) is 0. The van der Waals surface area contributed by atoms with Gasteiger partial charge in [0.1, 0.15) is 0 Å². The number of anilines is 1. The quantitative estimate of drug-likeness (QED) is 0.807. The zero-order valence-corrected chi connectivity index (χ0v) is 16.4. The van der Waals surface area contributed by atoms with E-state index in [4.69, 9.17) is 5.11 Å². The molecular formula is C21H32N2O3. The highest BCUT2D eigenvalue weighted by molar-refractivity contribution is 5.94. The normalized spacial score (nSPS) is 19.8. The van der Waals surface area contributed by atoms with Gasteiger partial charge in [0.2, 0.25) is 5.91 Å². The Balaban J connectivity index is 1.91. The number of hydrogen-bond acceptors (Lipinski definition) is 3. The van der Waals surface area contributed by atoms with E-state index >= 15 is 0 Å². The molecule has 0 saturated carbocycles. The van der Waals surface area contributed by atoms with Gasteiger partial charge in [0.15, 0.2) is 0 Å². The number of carboxylic acids is 1. The number of aliphatic carboxylic acids is 1. The minimum absolute atomic E-state index is 0.00704. The molecule has 1 saturated heterocycles. The first-order chi connectivity index (χ1) is 12.2. The number of hydrogen-bond donors (Lipinski definition) is 2. The molecule has 0 spiro atoms. The molecule has 1 fully saturated rings. The molecule has 0 aromatic heterocycles. The average Bonchev–Trinajstić information content (AvgIpc) is 2.59. The molecule has 144 valence electrons. The van der Waals surface area contributed by atoms with Gasteiger partial charge in [0, 0.05) is 18.7 Å². The highest BCUT2D eigenvalue weighted by atomic mass is 16.4. The van der Waals surface area contributed by atoms with Gasteiger partial charge in [0.25, 0.3) is 0 Å². The first-order valence-electron chi connectivity index (χ1n) is 9.54. The van der Waals surface area contributed by atoms with Crippen molar-refractivity contribution in [3.8, 4) is 0 Å². The van der Waals surface area contributed by atoms with Crippen LogP contribution in [0.2, 0.25) is 0 Å². The molecule has 2 atom stereocenters. The summed E-state index contributed by atoms with van der Waals surface area (Å²) in [4.78, 5) is 25.6. The summed E-state index contributed by atoms with van der Waals surface area (Å²) in [5.41, 5.74) is 2.14. The monoisotopic (exact) mass is 360 g/mol. The number of benzene rings is 1. The third-order valence-electron chi connectivity index (χ3n) is 5.26. The van der Waals surface area contributed by atoms with Crippen LogP contribution in [0.25, 0.3) is 0 Å². The second kappa shape index (κ2) is 8.67. The molecular weight excluding hydrogens is 328 g/mol. The van der Waals surface area contributed by atoms with Gasteiger partial charge in [-0.3, -0.25) is 14.5 Å². The molecule has 0 radical (unpaired) electrons. The highest BCUT2D eigenvalue weighted by Crippen LogP contribution is 2.25. The summed E-state index contributed by atoms with van der Waals surface area (Å²) in [6, 6.07) is 7.81. The first kappa shape index (κ1) is 20.4. The predicted octanol–water partition coefficient (Wildman–Crippen LogP) is 3.89. The lowest BCUT2D eigenvalue weighted by atomic mass is 9.87. The molecule has 1 aromatic carbocycles. The number of rotatable bonds is 6. The Morgan fingerprint density at radius 2 is 1.92 bits per heavy atom. The Hall–Kier alpha value is -1.88. The van der Waals surface area contributed by atoms with Gasteiger partial charge in [0.05, 0.1) is 6.04 Å². The maximum absolute atomic E-state index is 12.6. The predicted molar refractivity (Wildman–Crippen MR) is 104 cm³/mol. The Labute approximate surface area is 156 Å². The van der Waals surface area contributed by atoms with Crippen molar-refractivity contribution in [2.45, 2.75) is 64.8 Å². The van der Waals surface area contributed by atoms with Crippen LogP contribution in [0, 0.1) is 5.92 Å². The van der Waals surface area contributed by atoms with Crippen molar-refractivity contribution in [1.29, 1.82) is 0 Å². The van der Waals surface area contributed by atoms with E-state index < -0.39 is 5.97 Å². The lowest BCUT2D eigenvalue weighted by molar-refractivity contribution is -0.137. The minimum atomic E-state index is -0.744. The molecule has 2 unspecified atom stereocenters. The van der Waals surface area contributed by atoms with E-state index in [1.165, 1.54) is 5.56 Å². The summed E-state index contributed by atoms with van der Waals surface area (Å²) in [5, 5.41) is 11.9. The summed E-state index contributed by atoms with van der Waals surface area (Å²) in [5.74, 6) is -0.389. The number of carbonyl (C=O) groups excluding carboxylic acids is 1. The summed E-state index contributed by atoms with van der Waals surface area (Å²) < 4.78 is 0. The zero-order chi connectivity index (χ0) is 19.3. The van der Waals surface area contributed by atoms with Crippen LogP contribution in [0.4, 0.5) is 5.69 Å². The number of amides is 1. The van der Waals surface area contributed by atoms with Crippen molar-refractivity contribution in [1.82, 2.24) is 4.90 Å². The van der Waals surface area contributed by atoms with E-state index in [1.54, 1.807) is 0 Å². The number of likely N-dealkylation sites (tertiary alicyclic amines) is 1. The molecule has 0 aliphatic carbocycles. The maximum atomic E-state index is 12.6. The summed E-state index contributed by atoms with van der Waals surface area (Å²) >= 11 is 0. The summed E-state index contributed by atoms with van der Waals surface area (Å²) in [6.45, 7) is 10.1. The number of carboxylic acid groups (broad SMARTS) is 1. The molecule has 1 aliphatic heterocycles. The van der Waals surface area contributed by atoms with Crippen molar-refractivity contribution in [3.63, 3.8) is 0 Å². The third kappa shape index (κ3) is 5.84. The van der Waals surface area contributed by atoms with Crippen LogP contribution in [0.15, 0.2) is 24.3 Å². The maximum Gasteiger partial charge on any atom is 0.303 e. The fourth-order valence-corrected chi connectivity index (χ4v) is 3.48. The van der Waals surface area contributed by atoms with Crippen molar-refractivity contribution in [3.05, 3.63) is 29.8 Å². The van der Waals surface area contributed by atoms with E-state index in [1.807, 2.05) is 19.1 Å². The zero-order valence-electron chi connectivity index (χ0n) is 16.4. The molecule has 1 aromatic rings. The van der Waals surface area contributed by atoms with Crippen LogP contribution < -0.4 is 5.32 Å². The Bertz CT molecular complexity index is 619. The van der Waals surface area contributed by atoms with E-state index in [9.17, 15) is 9.59 Å². The number of piperidine rings is 1. The van der Waals surface area contributed by atoms with Gasteiger partial charge in [-0.15, -0.1) is 0 Å². The Morgan fingerprint density at radius 1 is 1.27 bits per heavy atom. The highest BCUT2D eigenvalue weighted by Gasteiger charge is 2.27. The van der Waals surface area contributed by atoms with E-state index in [0.29, 0.717) is 12.3 Å². The van der Waals surface area contributed by atoms with Crippen molar-refractivity contribution in [2.24, 2.45) is 5.92 Å². The van der Waals surface area contributed by atoms with Crippen molar-refractivity contribution >= 4 is 17.6 Å². The largest absolute Gasteiger partial charge is 0.481 e. The molecule has 26 heavy (non-hydrogen) atoms. The molecule has 1 amide bonds. The second-order valence-electron chi connectivity index (χ2n) is 8.43. The third-order valence-corrected chi connectivity index (χ3v) is 5.26. The van der Waals surface area contributed by atoms with Gasteiger partial charge in [-0.1, -0.05) is 32.9 Å². The number of carbonyl (C=O) groups is 2.